The zero-order valence-corrected chi connectivity index (χ0v) is 14.3. The average molecular weight is 323 g/mol. The Labute approximate surface area is 136 Å². The summed E-state index contributed by atoms with van der Waals surface area (Å²) in [5, 5.41) is 12.2. The van der Waals surface area contributed by atoms with Crippen LogP contribution in [0, 0.1) is 13.8 Å². The van der Waals surface area contributed by atoms with E-state index in [1.165, 1.54) is 0 Å². The molecule has 0 spiro atoms. The van der Waals surface area contributed by atoms with Crippen LogP contribution in [0.1, 0.15) is 46.0 Å². The molecule has 0 saturated carbocycles. The SMILES string of the molecule is CO[C@H]1CN(C(C)C)C[C@@H]1NC(=O)c1[nH]c(C)c(C(=O)O)c1C. The Kier molecular flexibility index (Phi) is 5.11. The third kappa shape index (κ3) is 3.40. The summed E-state index contributed by atoms with van der Waals surface area (Å²) in [7, 11) is 1.64. The van der Waals surface area contributed by atoms with E-state index in [2.05, 4.69) is 29.0 Å². The molecule has 7 nitrogen and oxygen atoms in total. The fraction of sp³-hybridized carbons (Fsp3) is 0.625. The van der Waals surface area contributed by atoms with E-state index >= 15 is 0 Å². The number of nitrogens with zero attached hydrogens (tertiary/aromatic N) is 1. The van der Waals surface area contributed by atoms with Gasteiger partial charge in [0, 0.05) is 31.9 Å². The summed E-state index contributed by atoms with van der Waals surface area (Å²) >= 11 is 0. The van der Waals surface area contributed by atoms with E-state index in [0.717, 1.165) is 6.54 Å². The maximum atomic E-state index is 12.5. The van der Waals surface area contributed by atoms with E-state index in [-0.39, 0.29) is 23.6 Å². The fourth-order valence-electron chi connectivity index (χ4n) is 3.14. The molecule has 0 unspecified atom stereocenters. The maximum Gasteiger partial charge on any atom is 0.337 e. The minimum Gasteiger partial charge on any atom is -0.478 e. The summed E-state index contributed by atoms with van der Waals surface area (Å²) in [6.07, 6.45) is -0.0725. The molecule has 1 aromatic rings. The Balaban J connectivity index is 2.16. The van der Waals surface area contributed by atoms with Crippen molar-refractivity contribution in [1.82, 2.24) is 15.2 Å². The molecule has 128 valence electrons. The lowest BCUT2D eigenvalue weighted by molar-refractivity contribution is 0.0695. The highest BCUT2D eigenvalue weighted by Crippen LogP contribution is 2.20. The molecule has 1 amide bonds. The molecule has 2 atom stereocenters. The minimum atomic E-state index is -1.03. The molecular formula is C16H25N3O4. The minimum absolute atomic E-state index is 0.0725. The van der Waals surface area contributed by atoms with Gasteiger partial charge in [-0.25, -0.2) is 4.79 Å². The number of likely N-dealkylation sites (tertiary alicyclic amines) is 1. The lowest BCUT2D eigenvalue weighted by atomic mass is 10.1. The standard InChI is InChI=1S/C16H25N3O4/c1-8(2)19-6-11(12(7-19)23-5)18-15(20)14-9(3)13(16(21)22)10(4)17-14/h8,11-12,17H,6-7H2,1-5H3,(H,18,20)(H,21,22)/t11-,12-/m0/s1. The van der Waals surface area contributed by atoms with Gasteiger partial charge in [-0.15, -0.1) is 0 Å². The van der Waals surface area contributed by atoms with Crippen molar-refractivity contribution in [3.8, 4) is 0 Å². The van der Waals surface area contributed by atoms with Crippen molar-refractivity contribution in [1.29, 1.82) is 0 Å². The first-order valence-corrected chi connectivity index (χ1v) is 7.76. The highest BCUT2D eigenvalue weighted by molar-refractivity contribution is 6.00. The van der Waals surface area contributed by atoms with Crippen LogP contribution < -0.4 is 5.32 Å². The fourth-order valence-corrected chi connectivity index (χ4v) is 3.14. The number of carbonyl (C=O) groups excluding carboxylic acids is 1. The van der Waals surface area contributed by atoms with E-state index in [9.17, 15) is 14.7 Å². The van der Waals surface area contributed by atoms with Crippen LogP contribution in [0.4, 0.5) is 0 Å². The summed E-state index contributed by atoms with van der Waals surface area (Å²) < 4.78 is 5.48. The number of aromatic carboxylic acids is 1. The number of aromatic amines is 1. The second-order valence-electron chi connectivity index (χ2n) is 6.33. The topological polar surface area (TPSA) is 94.7 Å². The molecule has 1 aromatic heterocycles. The van der Waals surface area contributed by atoms with Crippen molar-refractivity contribution in [2.45, 2.75) is 45.9 Å². The number of methoxy groups -OCH3 is 1. The van der Waals surface area contributed by atoms with E-state index in [1.54, 1.807) is 21.0 Å². The van der Waals surface area contributed by atoms with Crippen molar-refractivity contribution in [2.24, 2.45) is 0 Å². The van der Waals surface area contributed by atoms with Gasteiger partial charge >= 0.3 is 5.97 Å². The Morgan fingerprint density at radius 3 is 2.48 bits per heavy atom. The lowest BCUT2D eigenvalue weighted by Crippen LogP contribution is -2.44. The van der Waals surface area contributed by atoms with Crippen molar-refractivity contribution >= 4 is 11.9 Å². The number of carboxylic acids is 1. The van der Waals surface area contributed by atoms with Gasteiger partial charge in [0.05, 0.1) is 17.7 Å². The molecule has 2 heterocycles. The van der Waals surface area contributed by atoms with Gasteiger partial charge < -0.3 is 20.1 Å². The molecule has 1 aliphatic heterocycles. The molecule has 0 aromatic carbocycles. The van der Waals surface area contributed by atoms with Crippen LogP contribution in [-0.2, 0) is 4.74 Å². The monoisotopic (exact) mass is 323 g/mol. The van der Waals surface area contributed by atoms with Gasteiger partial charge in [0.2, 0.25) is 0 Å². The van der Waals surface area contributed by atoms with Gasteiger partial charge in [0.15, 0.2) is 0 Å². The number of nitrogens with one attached hydrogen (secondary N) is 2. The number of hydrogen-bond acceptors (Lipinski definition) is 4. The largest absolute Gasteiger partial charge is 0.478 e. The van der Waals surface area contributed by atoms with Crippen LogP contribution >= 0.6 is 0 Å². The summed E-state index contributed by atoms with van der Waals surface area (Å²) in [6.45, 7) is 8.99. The molecule has 1 aliphatic rings. The number of aryl methyl sites for hydroxylation is 1. The highest BCUT2D eigenvalue weighted by atomic mass is 16.5. The number of ether oxygens (including phenoxy) is 1. The first-order valence-electron chi connectivity index (χ1n) is 7.76. The summed E-state index contributed by atoms with van der Waals surface area (Å²) in [5.74, 6) is -1.33. The van der Waals surface area contributed by atoms with Gasteiger partial charge in [-0.05, 0) is 33.3 Å². The summed E-state index contributed by atoms with van der Waals surface area (Å²) in [4.78, 5) is 28.9. The third-order valence-corrected chi connectivity index (χ3v) is 4.52. The average Bonchev–Trinajstić information content (AvgIpc) is 2.99. The van der Waals surface area contributed by atoms with Gasteiger partial charge in [-0.3, -0.25) is 9.69 Å². The van der Waals surface area contributed by atoms with Gasteiger partial charge in [-0.2, -0.15) is 0 Å². The van der Waals surface area contributed by atoms with Gasteiger partial charge in [0.1, 0.15) is 5.69 Å². The number of aromatic nitrogens is 1. The quantitative estimate of drug-likeness (QED) is 0.756. The smallest absolute Gasteiger partial charge is 0.337 e. The predicted molar refractivity (Wildman–Crippen MR) is 86.0 cm³/mol. The Bertz CT molecular complexity index is 609. The van der Waals surface area contributed by atoms with Crippen molar-refractivity contribution in [2.75, 3.05) is 20.2 Å². The number of amides is 1. The van der Waals surface area contributed by atoms with Crippen molar-refractivity contribution < 1.29 is 19.4 Å². The first-order chi connectivity index (χ1) is 10.8. The zero-order valence-electron chi connectivity index (χ0n) is 14.3. The van der Waals surface area contributed by atoms with Crippen LogP contribution in [0.15, 0.2) is 0 Å². The molecule has 1 fully saturated rings. The number of hydrogen-bond donors (Lipinski definition) is 3. The molecule has 7 heteroatoms. The van der Waals surface area contributed by atoms with Crippen LogP contribution in [0.3, 0.4) is 0 Å². The molecule has 2 rings (SSSR count). The number of carbonyl (C=O) groups is 2. The first kappa shape index (κ1) is 17.5. The van der Waals surface area contributed by atoms with Crippen molar-refractivity contribution in [3.63, 3.8) is 0 Å². The molecule has 3 N–H and O–H groups in total. The highest BCUT2D eigenvalue weighted by Gasteiger charge is 2.35. The Morgan fingerprint density at radius 1 is 1.35 bits per heavy atom. The number of H-pyrrole nitrogens is 1. The second-order valence-corrected chi connectivity index (χ2v) is 6.33. The van der Waals surface area contributed by atoms with E-state index in [4.69, 9.17) is 4.74 Å². The zero-order chi connectivity index (χ0) is 17.3. The van der Waals surface area contributed by atoms with E-state index in [1.807, 2.05) is 0 Å². The second kappa shape index (κ2) is 6.72. The molecule has 0 aliphatic carbocycles. The molecule has 0 bridgehead atoms. The van der Waals surface area contributed by atoms with E-state index in [0.29, 0.717) is 29.5 Å². The molecule has 23 heavy (non-hydrogen) atoms. The maximum absolute atomic E-state index is 12.5. The summed E-state index contributed by atoms with van der Waals surface area (Å²) in [6, 6.07) is 0.258. The molecular weight excluding hydrogens is 298 g/mol. The van der Waals surface area contributed by atoms with Crippen LogP contribution in [-0.4, -0.2) is 65.3 Å². The number of carboxylic acid groups (broad SMARTS) is 1. The Morgan fingerprint density at radius 2 is 2.00 bits per heavy atom. The third-order valence-electron chi connectivity index (χ3n) is 4.52. The molecule has 0 radical (unpaired) electrons. The van der Waals surface area contributed by atoms with Gasteiger partial charge in [0.25, 0.3) is 5.91 Å². The van der Waals surface area contributed by atoms with Crippen LogP contribution in [0.2, 0.25) is 0 Å². The van der Waals surface area contributed by atoms with E-state index < -0.39 is 5.97 Å². The normalized spacial score (nSPS) is 21.8. The van der Waals surface area contributed by atoms with Gasteiger partial charge in [-0.1, -0.05) is 0 Å². The predicted octanol–water partition coefficient (Wildman–Crippen LogP) is 1.17. The Hall–Kier alpha value is -1.86. The molecule has 1 saturated heterocycles. The van der Waals surface area contributed by atoms with Crippen LogP contribution in [0.25, 0.3) is 0 Å². The lowest BCUT2D eigenvalue weighted by Gasteiger charge is -2.20. The number of rotatable bonds is 5. The van der Waals surface area contributed by atoms with Crippen LogP contribution in [0.5, 0.6) is 0 Å². The van der Waals surface area contributed by atoms with Crippen molar-refractivity contribution in [3.05, 3.63) is 22.5 Å². The summed E-state index contributed by atoms with van der Waals surface area (Å²) in [5.41, 5.74) is 1.41.